The molecule has 0 heterocycles. The molecule has 0 aliphatic carbocycles. The molecule has 2 N–H and O–H groups in total. The summed E-state index contributed by atoms with van der Waals surface area (Å²) in [4.78, 5) is 0. The molecule has 0 aliphatic rings. The Morgan fingerprint density at radius 3 is 1.50 bits per heavy atom. The quantitative estimate of drug-likeness (QED) is 0.683. The maximum Gasteiger partial charge on any atom is 0.0104 e. The lowest BCUT2D eigenvalue weighted by atomic mass is 9.93. The molecule has 0 bridgehead atoms. The van der Waals surface area contributed by atoms with Gasteiger partial charge in [0, 0.05) is 12.1 Å². The summed E-state index contributed by atoms with van der Waals surface area (Å²) in [5.74, 6) is 0. The van der Waals surface area contributed by atoms with Crippen LogP contribution >= 0.6 is 0 Å². The first-order chi connectivity index (χ1) is 9.74. The van der Waals surface area contributed by atoms with Crippen LogP contribution in [0.2, 0.25) is 0 Å². The zero-order valence-electron chi connectivity index (χ0n) is 13.7. The lowest BCUT2D eigenvalue weighted by molar-refractivity contribution is 0.498. The van der Waals surface area contributed by atoms with Crippen molar-refractivity contribution in [3.8, 4) is 0 Å². The Morgan fingerprint density at radius 2 is 1.20 bits per heavy atom. The Hall–Kier alpha value is -0.860. The fraction of sp³-hybridized carbons (Fsp3) is 0.667. The molecule has 1 rings (SSSR count). The Bertz CT molecular complexity index is 327. The van der Waals surface area contributed by atoms with E-state index in [2.05, 4.69) is 62.8 Å². The Kier molecular flexibility index (Phi) is 8.56. The van der Waals surface area contributed by atoms with Gasteiger partial charge in [-0.2, -0.15) is 0 Å². The summed E-state index contributed by atoms with van der Waals surface area (Å²) in [5, 5.41) is 6.91. The van der Waals surface area contributed by atoms with E-state index < -0.39 is 0 Å². The van der Waals surface area contributed by atoms with Gasteiger partial charge < -0.3 is 10.6 Å². The molecular weight excluding hydrogens is 244 g/mol. The molecule has 2 nitrogen and oxygen atoms in total. The van der Waals surface area contributed by atoms with Gasteiger partial charge in [-0.25, -0.2) is 0 Å². The second kappa shape index (κ2) is 9.95. The number of rotatable bonds is 10. The van der Waals surface area contributed by atoms with Crippen LogP contribution in [0.1, 0.15) is 50.7 Å². The molecule has 2 atom stereocenters. The highest BCUT2D eigenvalue weighted by Gasteiger charge is 2.12. The summed E-state index contributed by atoms with van der Waals surface area (Å²) < 4.78 is 0. The first-order valence-electron chi connectivity index (χ1n) is 8.16. The van der Waals surface area contributed by atoms with Gasteiger partial charge in [0.25, 0.3) is 0 Å². The molecule has 0 aliphatic heterocycles. The summed E-state index contributed by atoms with van der Waals surface area (Å²) in [6.45, 7) is 4.52. The topological polar surface area (TPSA) is 24.1 Å². The zero-order chi connectivity index (χ0) is 14.8. The van der Waals surface area contributed by atoms with E-state index in [0.717, 1.165) is 12.8 Å². The summed E-state index contributed by atoms with van der Waals surface area (Å²) in [5.41, 5.74) is 3.02. The highest BCUT2D eigenvalue weighted by atomic mass is 14.9. The maximum absolute atomic E-state index is 3.46. The van der Waals surface area contributed by atoms with E-state index in [9.17, 15) is 0 Å². The predicted molar refractivity (Wildman–Crippen MR) is 89.4 cm³/mol. The molecule has 0 saturated carbocycles. The van der Waals surface area contributed by atoms with Gasteiger partial charge in [-0.1, -0.05) is 51.0 Å². The van der Waals surface area contributed by atoms with E-state index in [4.69, 9.17) is 0 Å². The molecule has 0 fully saturated rings. The monoisotopic (exact) mass is 276 g/mol. The molecule has 2 unspecified atom stereocenters. The number of hydrogen-bond acceptors (Lipinski definition) is 2. The second-order valence-corrected chi connectivity index (χ2v) is 5.73. The fourth-order valence-corrected chi connectivity index (χ4v) is 2.88. The highest BCUT2D eigenvalue weighted by Crippen LogP contribution is 2.16. The van der Waals surface area contributed by atoms with Crippen molar-refractivity contribution in [2.24, 2.45) is 0 Å². The molecule has 1 aromatic carbocycles. The lowest BCUT2D eigenvalue weighted by Gasteiger charge is -2.20. The van der Waals surface area contributed by atoms with Gasteiger partial charge in [0.2, 0.25) is 0 Å². The first-order valence-corrected chi connectivity index (χ1v) is 8.16. The first kappa shape index (κ1) is 17.2. The molecule has 0 amide bonds. The summed E-state index contributed by atoms with van der Waals surface area (Å²) in [6, 6.07) is 10.1. The van der Waals surface area contributed by atoms with Gasteiger partial charge in [-0.3, -0.25) is 0 Å². The summed E-state index contributed by atoms with van der Waals surface area (Å²) in [7, 11) is 4.16. The number of benzene rings is 1. The predicted octanol–water partition coefficient (Wildman–Crippen LogP) is 3.55. The minimum Gasteiger partial charge on any atom is -0.317 e. The minimum absolute atomic E-state index is 0.598. The van der Waals surface area contributed by atoms with E-state index >= 15 is 0 Å². The average Bonchev–Trinajstić information content (AvgIpc) is 2.48. The maximum atomic E-state index is 3.46. The third-order valence-electron chi connectivity index (χ3n) is 4.14. The van der Waals surface area contributed by atoms with Crippen molar-refractivity contribution in [2.45, 2.75) is 64.5 Å². The fourth-order valence-electron chi connectivity index (χ4n) is 2.88. The third-order valence-corrected chi connectivity index (χ3v) is 4.14. The molecule has 114 valence electrons. The third kappa shape index (κ3) is 5.64. The second-order valence-electron chi connectivity index (χ2n) is 5.73. The van der Waals surface area contributed by atoms with Crippen molar-refractivity contribution in [1.29, 1.82) is 0 Å². The lowest BCUT2D eigenvalue weighted by Crippen LogP contribution is -2.30. The van der Waals surface area contributed by atoms with Gasteiger partial charge >= 0.3 is 0 Å². The van der Waals surface area contributed by atoms with Crippen LogP contribution in [0.4, 0.5) is 0 Å². The highest BCUT2D eigenvalue weighted by molar-refractivity contribution is 5.28. The Morgan fingerprint density at radius 1 is 0.800 bits per heavy atom. The zero-order valence-corrected chi connectivity index (χ0v) is 13.7. The minimum atomic E-state index is 0.598. The molecule has 0 saturated heterocycles. The van der Waals surface area contributed by atoms with Crippen LogP contribution in [-0.4, -0.2) is 26.2 Å². The normalized spacial score (nSPS) is 14.2. The van der Waals surface area contributed by atoms with Crippen LogP contribution in [0.25, 0.3) is 0 Å². The smallest absolute Gasteiger partial charge is 0.0104 e. The van der Waals surface area contributed by atoms with E-state index in [1.165, 1.54) is 36.8 Å². The molecule has 0 radical (unpaired) electrons. The Balaban J connectivity index is 2.76. The molecule has 0 spiro atoms. The van der Waals surface area contributed by atoms with Crippen LogP contribution in [0, 0.1) is 0 Å². The molecule has 2 heteroatoms. The van der Waals surface area contributed by atoms with Crippen LogP contribution in [0.3, 0.4) is 0 Å². The van der Waals surface area contributed by atoms with Crippen molar-refractivity contribution in [1.82, 2.24) is 10.6 Å². The summed E-state index contributed by atoms with van der Waals surface area (Å²) in [6.07, 6.45) is 7.25. The van der Waals surface area contributed by atoms with E-state index in [0.29, 0.717) is 12.1 Å². The summed E-state index contributed by atoms with van der Waals surface area (Å²) >= 11 is 0. The van der Waals surface area contributed by atoms with Crippen LogP contribution < -0.4 is 10.6 Å². The van der Waals surface area contributed by atoms with E-state index in [-0.39, 0.29) is 0 Å². The van der Waals surface area contributed by atoms with Crippen LogP contribution in [0.15, 0.2) is 24.3 Å². The standard InChI is InChI=1S/C18H32N2/c1-5-9-17(19-3)13-15-11-7-8-12-16(15)14-18(20-4)10-6-2/h7-8,11-12,17-20H,5-6,9-10,13-14H2,1-4H3. The molecule has 1 aromatic rings. The van der Waals surface area contributed by atoms with Gasteiger partial charge in [-0.15, -0.1) is 0 Å². The van der Waals surface area contributed by atoms with Crippen molar-refractivity contribution >= 4 is 0 Å². The van der Waals surface area contributed by atoms with Crippen LogP contribution in [-0.2, 0) is 12.8 Å². The van der Waals surface area contributed by atoms with Gasteiger partial charge in [0.1, 0.15) is 0 Å². The SMILES string of the molecule is CCCC(Cc1ccccc1CC(CCC)NC)NC. The van der Waals surface area contributed by atoms with Gasteiger partial charge in [-0.05, 0) is 50.9 Å². The van der Waals surface area contributed by atoms with Crippen molar-refractivity contribution in [3.05, 3.63) is 35.4 Å². The largest absolute Gasteiger partial charge is 0.317 e. The molecule has 20 heavy (non-hydrogen) atoms. The van der Waals surface area contributed by atoms with E-state index in [1.807, 2.05) is 0 Å². The van der Waals surface area contributed by atoms with Gasteiger partial charge in [0.05, 0.1) is 0 Å². The number of hydrogen-bond donors (Lipinski definition) is 2. The average molecular weight is 276 g/mol. The van der Waals surface area contributed by atoms with Crippen molar-refractivity contribution < 1.29 is 0 Å². The van der Waals surface area contributed by atoms with E-state index in [1.54, 1.807) is 0 Å². The van der Waals surface area contributed by atoms with Crippen molar-refractivity contribution in [3.63, 3.8) is 0 Å². The number of nitrogens with one attached hydrogen (secondary N) is 2. The molecular formula is C18H32N2. The molecule has 0 aromatic heterocycles. The van der Waals surface area contributed by atoms with Crippen LogP contribution in [0.5, 0.6) is 0 Å². The Labute approximate surface area is 125 Å². The van der Waals surface area contributed by atoms with Gasteiger partial charge in [0.15, 0.2) is 0 Å². The number of likely N-dealkylation sites (N-methyl/N-ethyl adjacent to an activating group) is 2. The van der Waals surface area contributed by atoms with Crippen molar-refractivity contribution in [2.75, 3.05) is 14.1 Å².